The molecule has 1 fully saturated rings. The number of hydrogen-bond acceptors (Lipinski definition) is 7. The van der Waals surface area contributed by atoms with Crippen molar-refractivity contribution >= 4 is 23.2 Å². The lowest BCUT2D eigenvalue weighted by Gasteiger charge is -2.36. The maximum atomic E-state index is 14.9. The van der Waals surface area contributed by atoms with Crippen molar-refractivity contribution in [2.24, 2.45) is 4.99 Å². The fourth-order valence-electron chi connectivity index (χ4n) is 4.64. The Hall–Kier alpha value is -4.37. The lowest BCUT2D eigenvalue weighted by molar-refractivity contribution is -0.140. The van der Waals surface area contributed by atoms with E-state index in [0.29, 0.717) is 30.0 Å². The SMILES string of the molecule is CC#CC1=CC2=CNC(Nc3ccc(N4CCNCC4)c(F)c3)=NC2N(Cc2ncccc2C(F)(F)F)C1=O. The van der Waals surface area contributed by atoms with Crippen LogP contribution in [0.1, 0.15) is 18.2 Å². The van der Waals surface area contributed by atoms with Gasteiger partial charge in [-0.1, -0.05) is 5.92 Å². The van der Waals surface area contributed by atoms with Gasteiger partial charge in [0.2, 0.25) is 5.96 Å². The smallest absolute Gasteiger partial charge is 0.367 e. The van der Waals surface area contributed by atoms with Crippen LogP contribution in [0.25, 0.3) is 0 Å². The number of anilines is 2. The molecule has 2 aromatic rings. The van der Waals surface area contributed by atoms with Crippen molar-refractivity contribution in [2.45, 2.75) is 25.8 Å². The second-order valence-electron chi connectivity index (χ2n) is 9.03. The molecule has 3 aliphatic rings. The minimum Gasteiger partial charge on any atom is -0.367 e. The Balaban J connectivity index is 1.43. The summed E-state index contributed by atoms with van der Waals surface area (Å²) in [6, 6.07) is 6.87. The van der Waals surface area contributed by atoms with Crippen LogP contribution >= 0.6 is 0 Å². The molecule has 8 nitrogen and oxygen atoms in total. The van der Waals surface area contributed by atoms with Crippen LogP contribution in [0.2, 0.25) is 0 Å². The fraction of sp³-hybridized carbons (Fsp3) is 0.296. The summed E-state index contributed by atoms with van der Waals surface area (Å²) in [4.78, 5) is 24.9. The first-order valence-electron chi connectivity index (χ1n) is 12.3. The van der Waals surface area contributed by atoms with Crippen LogP contribution < -0.4 is 20.9 Å². The molecule has 0 radical (unpaired) electrons. The van der Waals surface area contributed by atoms with Crippen LogP contribution in [0.15, 0.2) is 64.9 Å². The highest BCUT2D eigenvalue weighted by atomic mass is 19.4. The largest absolute Gasteiger partial charge is 0.418 e. The number of aliphatic imine (C=N–C) groups is 1. The molecule has 0 saturated carbocycles. The Kier molecular flexibility index (Phi) is 7.26. The molecule has 1 unspecified atom stereocenters. The molecule has 3 aliphatic heterocycles. The van der Waals surface area contributed by atoms with Crippen molar-refractivity contribution in [3.63, 3.8) is 0 Å². The Bertz CT molecular complexity index is 1430. The number of hydrogen-bond donors (Lipinski definition) is 3. The first-order chi connectivity index (χ1) is 18.7. The molecule has 1 amide bonds. The number of nitrogens with zero attached hydrogens (tertiary/aromatic N) is 4. The lowest BCUT2D eigenvalue weighted by Crippen LogP contribution is -2.47. The van der Waals surface area contributed by atoms with Gasteiger partial charge in [-0.15, -0.1) is 5.92 Å². The zero-order valence-electron chi connectivity index (χ0n) is 20.9. The van der Waals surface area contributed by atoms with Gasteiger partial charge in [0.05, 0.1) is 29.1 Å². The number of amides is 1. The van der Waals surface area contributed by atoms with E-state index in [0.717, 1.165) is 19.2 Å². The zero-order chi connectivity index (χ0) is 27.6. The highest BCUT2D eigenvalue weighted by molar-refractivity contribution is 6.01. The zero-order valence-corrected chi connectivity index (χ0v) is 20.9. The van der Waals surface area contributed by atoms with E-state index in [2.05, 4.69) is 37.8 Å². The second-order valence-corrected chi connectivity index (χ2v) is 9.03. The van der Waals surface area contributed by atoms with Crippen molar-refractivity contribution in [1.82, 2.24) is 20.5 Å². The molecule has 4 heterocycles. The highest BCUT2D eigenvalue weighted by Crippen LogP contribution is 2.34. The Labute approximate surface area is 222 Å². The van der Waals surface area contributed by atoms with Crippen LogP contribution in [0.4, 0.5) is 28.9 Å². The van der Waals surface area contributed by atoms with Crippen LogP contribution in [0, 0.1) is 17.7 Å². The highest BCUT2D eigenvalue weighted by Gasteiger charge is 2.38. The molecule has 3 N–H and O–H groups in total. The fourth-order valence-corrected chi connectivity index (χ4v) is 4.64. The molecule has 0 spiro atoms. The van der Waals surface area contributed by atoms with E-state index in [1.54, 1.807) is 31.3 Å². The summed E-state index contributed by atoms with van der Waals surface area (Å²) in [6.07, 6.45) is -1.20. The molecule has 0 bridgehead atoms. The second kappa shape index (κ2) is 10.8. The summed E-state index contributed by atoms with van der Waals surface area (Å²) in [6.45, 7) is 4.06. The summed E-state index contributed by atoms with van der Waals surface area (Å²) in [5.41, 5.74) is 0.332. The number of halogens is 4. The van der Waals surface area contributed by atoms with E-state index in [1.165, 1.54) is 23.2 Å². The van der Waals surface area contributed by atoms with Crippen molar-refractivity contribution in [3.8, 4) is 11.8 Å². The number of piperazine rings is 1. The van der Waals surface area contributed by atoms with Gasteiger partial charge in [0, 0.05) is 49.8 Å². The van der Waals surface area contributed by atoms with Crippen molar-refractivity contribution < 1.29 is 22.4 Å². The summed E-state index contributed by atoms with van der Waals surface area (Å²) in [5, 5.41) is 9.20. The van der Waals surface area contributed by atoms with Crippen molar-refractivity contribution in [1.29, 1.82) is 0 Å². The van der Waals surface area contributed by atoms with E-state index in [4.69, 9.17) is 0 Å². The van der Waals surface area contributed by atoms with E-state index in [1.807, 2.05) is 4.90 Å². The molecule has 202 valence electrons. The number of aromatic nitrogens is 1. The summed E-state index contributed by atoms with van der Waals surface area (Å²) in [7, 11) is 0. The molecule has 5 rings (SSSR count). The van der Waals surface area contributed by atoms with Gasteiger partial charge in [0.1, 0.15) is 5.82 Å². The Morgan fingerprint density at radius 3 is 2.72 bits per heavy atom. The number of pyridine rings is 1. The van der Waals surface area contributed by atoms with Gasteiger partial charge >= 0.3 is 6.18 Å². The Morgan fingerprint density at radius 1 is 1.21 bits per heavy atom. The number of rotatable bonds is 4. The third-order valence-corrected chi connectivity index (χ3v) is 6.47. The van der Waals surface area contributed by atoms with E-state index >= 15 is 0 Å². The van der Waals surface area contributed by atoms with Gasteiger partial charge in [0.25, 0.3) is 5.91 Å². The van der Waals surface area contributed by atoms with E-state index in [9.17, 15) is 22.4 Å². The van der Waals surface area contributed by atoms with Crippen LogP contribution in [0.3, 0.4) is 0 Å². The minimum absolute atomic E-state index is 0.128. The molecular formula is C27H25F4N7O. The summed E-state index contributed by atoms with van der Waals surface area (Å²) < 4.78 is 55.8. The minimum atomic E-state index is -4.64. The average molecular weight is 540 g/mol. The predicted molar refractivity (Wildman–Crippen MR) is 139 cm³/mol. The van der Waals surface area contributed by atoms with Gasteiger partial charge in [-0.2, -0.15) is 13.2 Å². The van der Waals surface area contributed by atoms with E-state index in [-0.39, 0.29) is 17.2 Å². The van der Waals surface area contributed by atoms with Crippen LogP contribution in [-0.2, 0) is 17.5 Å². The topological polar surface area (TPSA) is 84.9 Å². The normalized spacial score (nSPS) is 19.2. The van der Waals surface area contributed by atoms with Crippen LogP contribution in [-0.4, -0.2) is 54.1 Å². The van der Waals surface area contributed by atoms with Gasteiger partial charge < -0.3 is 25.8 Å². The third kappa shape index (κ3) is 5.58. The molecule has 0 aliphatic carbocycles. The number of fused-ring (bicyclic) bond motifs is 1. The third-order valence-electron chi connectivity index (χ3n) is 6.47. The quantitative estimate of drug-likeness (QED) is 0.409. The molecule has 1 aromatic heterocycles. The lowest BCUT2D eigenvalue weighted by atomic mass is 10.0. The number of guanidine groups is 1. The number of benzene rings is 1. The number of alkyl halides is 3. The Morgan fingerprint density at radius 2 is 2.00 bits per heavy atom. The van der Waals surface area contributed by atoms with Gasteiger partial charge in [-0.25, -0.2) is 9.38 Å². The van der Waals surface area contributed by atoms with E-state index < -0.39 is 36.2 Å². The van der Waals surface area contributed by atoms with Gasteiger partial charge in [0.15, 0.2) is 6.17 Å². The first-order valence-corrected chi connectivity index (χ1v) is 12.3. The van der Waals surface area contributed by atoms with Gasteiger partial charge in [-0.3, -0.25) is 9.78 Å². The number of carbonyl (C=O) groups excluding carboxylic acids is 1. The molecule has 12 heteroatoms. The summed E-state index contributed by atoms with van der Waals surface area (Å²) >= 11 is 0. The van der Waals surface area contributed by atoms with Gasteiger partial charge in [-0.05, 0) is 43.3 Å². The first kappa shape index (κ1) is 26.2. The molecular weight excluding hydrogens is 514 g/mol. The predicted octanol–water partition coefficient (Wildman–Crippen LogP) is 3.22. The summed E-state index contributed by atoms with van der Waals surface area (Å²) in [5.74, 6) is 4.60. The standard InChI is InChI=1S/C27H25F4N7O/c1-2-4-17-13-18-15-34-26(35-19-6-7-23(21(28)14-19)37-11-9-32-10-12-37)36-24(18)38(25(17)39)16-22-20(27(29,30)31)5-3-8-33-22/h3,5-8,13-15,24,32H,9-12,16H2,1H3,(H2,34,35,36). The van der Waals surface area contributed by atoms with Crippen LogP contribution in [0.5, 0.6) is 0 Å². The maximum Gasteiger partial charge on any atom is 0.418 e. The molecule has 1 atom stereocenters. The number of carbonyl (C=O) groups is 1. The monoisotopic (exact) mass is 539 g/mol. The van der Waals surface area contributed by atoms with Crippen molar-refractivity contribution in [3.05, 3.63) is 77.0 Å². The number of nitrogens with one attached hydrogen (secondary N) is 3. The average Bonchev–Trinajstić information content (AvgIpc) is 2.92. The van der Waals surface area contributed by atoms with Crippen molar-refractivity contribution in [2.75, 3.05) is 36.4 Å². The molecule has 39 heavy (non-hydrogen) atoms. The maximum absolute atomic E-state index is 14.9. The molecule has 1 saturated heterocycles. The molecule has 1 aromatic carbocycles.